The van der Waals surface area contributed by atoms with E-state index in [4.69, 9.17) is 23.2 Å². The van der Waals surface area contributed by atoms with Crippen LogP contribution in [0.1, 0.15) is 17.0 Å². The predicted molar refractivity (Wildman–Crippen MR) is 113 cm³/mol. The first-order valence-corrected chi connectivity index (χ1v) is 9.65. The predicted octanol–water partition coefficient (Wildman–Crippen LogP) is 5.74. The lowest BCUT2D eigenvalue weighted by Gasteiger charge is -2.11. The molecule has 0 aromatic carbocycles. The number of halogens is 5. The van der Waals surface area contributed by atoms with Gasteiger partial charge < -0.3 is 15.6 Å². The molecule has 4 aromatic heterocycles. The summed E-state index contributed by atoms with van der Waals surface area (Å²) in [5.74, 6) is 0.507. The van der Waals surface area contributed by atoms with E-state index in [2.05, 4.69) is 35.6 Å². The van der Waals surface area contributed by atoms with Gasteiger partial charge in [0.05, 0.1) is 50.8 Å². The van der Waals surface area contributed by atoms with Gasteiger partial charge >= 0.3 is 6.18 Å². The van der Waals surface area contributed by atoms with E-state index in [-0.39, 0.29) is 18.1 Å². The number of nitrogens with one attached hydrogen (secondary N) is 3. The molecule has 0 unspecified atom stereocenters. The van der Waals surface area contributed by atoms with Crippen LogP contribution in [-0.2, 0) is 12.7 Å². The molecule has 4 heterocycles. The van der Waals surface area contributed by atoms with Crippen molar-refractivity contribution in [3.05, 3.63) is 63.8 Å². The molecule has 12 heteroatoms. The van der Waals surface area contributed by atoms with Crippen molar-refractivity contribution in [1.82, 2.24) is 24.9 Å². The fourth-order valence-corrected chi connectivity index (χ4v) is 3.32. The highest BCUT2D eigenvalue weighted by molar-refractivity contribution is 6.39. The molecular weight excluding hydrogens is 454 g/mol. The van der Waals surface area contributed by atoms with Gasteiger partial charge in [0.25, 0.3) is 0 Å². The molecule has 4 rings (SSSR count). The minimum Gasteiger partial charge on any atom is -0.364 e. The normalized spacial score (nSPS) is 11.7. The molecule has 7 nitrogen and oxygen atoms in total. The van der Waals surface area contributed by atoms with Gasteiger partial charge in [0, 0.05) is 18.1 Å². The maximum atomic E-state index is 13.0. The number of aromatic amines is 1. The Bertz CT molecular complexity index is 1240. The van der Waals surface area contributed by atoms with Gasteiger partial charge in [0.15, 0.2) is 0 Å². The van der Waals surface area contributed by atoms with Crippen LogP contribution >= 0.6 is 23.2 Å². The Kier molecular flexibility index (Phi) is 5.59. The first-order valence-electron chi connectivity index (χ1n) is 8.89. The van der Waals surface area contributed by atoms with E-state index in [0.717, 1.165) is 12.1 Å². The highest BCUT2D eigenvalue weighted by Crippen LogP contribution is 2.32. The molecular formula is C19H14Cl2F3N7. The molecule has 0 fully saturated rings. The summed E-state index contributed by atoms with van der Waals surface area (Å²) in [5, 5.41) is 6.54. The van der Waals surface area contributed by atoms with Crippen LogP contribution in [-0.4, -0.2) is 24.9 Å². The third kappa shape index (κ3) is 4.80. The van der Waals surface area contributed by atoms with E-state index in [1.54, 1.807) is 12.3 Å². The van der Waals surface area contributed by atoms with Crippen molar-refractivity contribution < 1.29 is 13.2 Å². The number of imidazole rings is 1. The molecule has 0 aliphatic carbocycles. The summed E-state index contributed by atoms with van der Waals surface area (Å²) in [5.41, 5.74) is 1.78. The number of aromatic nitrogens is 5. The number of pyridine rings is 3. The number of fused-ring (bicyclic) bond motifs is 1. The molecule has 4 aromatic rings. The van der Waals surface area contributed by atoms with Crippen LogP contribution in [0, 0.1) is 6.92 Å². The van der Waals surface area contributed by atoms with Gasteiger partial charge in [-0.15, -0.1) is 0 Å². The summed E-state index contributed by atoms with van der Waals surface area (Å²) in [7, 11) is 0. The third-order valence-corrected chi connectivity index (χ3v) is 4.83. The molecule has 0 spiro atoms. The summed E-state index contributed by atoms with van der Waals surface area (Å²) in [4.78, 5) is 19.8. The molecule has 160 valence electrons. The maximum absolute atomic E-state index is 13.0. The van der Waals surface area contributed by atoms with Crippen molar-refractivity contribution in [1.29, 1.82) is 0 Å². The van der Waals surface area contributed by atoms with Crippen molar-refractivity contribution in [2.75, 3.05) is 10.6 Å². The average molecular weight is 468 g/mol. The largest absolute Gasteiger partial charge is 0.416 e. The Labute approximate surface area is 184 Å². The van der Waals surface area contributed by atoms with Crippen molar-refractivity contribution in [2.45, 2.75) is 19.6 Å². The van der Waals surface area contributed by atoms with Crippen molar-refractivity contribution in [3.63, 3.8) is 0 Å². The van der Waals surface area contributed by atoms with Crippen molar-refractivity contribution >= 4 is 51.7 Å². The van der Waals surface area contributed by atoms with Crippen LogP contribution in [0.4, 0.5) is 30.6 Å². The van der Waals surface area contributed by atoms with Gasteiger partial charge in [-0.25, -0.2) is 9.97 Å². The Morgan fingerprint density at radius 3 is 2.48 bits per heavy atom. The minimum atomic E-state index is -4.44. The quantitative estimate of drug-likeness (QED) is 0.346. The zero-order valence-corrected chi connectivity index (χ0v) is 17.4. The maximum Gasteiger partial charge on any atom is 0.416 e. The number of anilines is 3. The van der Waals surface area contributed by atoms with Crippen LogP contribution in [0.3, 0.4) is 0 Å². The molecule has 0 atom stereocenters. The lowest BCUT2D eigenvalue weighted by atomic mass is 10.2. The molecule has 0 radical (unpaired) electrons. The number of nitrogens with zero attached hydrogens (tertiary/aromatic N) is 4. The number of aryl methyl sites for hydroxylation is 1. The number of hydrogen-bond acceptors (Lipinski definition) is 6. The Morgan fingerprint density at radius 1 is 1.03 bits per heavy atom. The highest BCUT2D eigenvalue weighted by Gasteiger charge is 2.31. The zero-order valence-electron chi connectivity index (χ0n) is 15.8. The van der Waals surface area contributed by atoms with E-state index in [0.29, 0.717) is 38.4 Å². The van der Waals surface area contributed by atoms with Crippen LogP contribution in [0.2, 0.25) is 10.0 Å². The molecule has 0 aliphatic rings. The van der Waals surface area contributed by atoms with Crippen molar-refractivity contribution in [2.24, 2.45) is 0 Å². The van der Waals surface area contributed by atoms with Crippen LogP contribution in [0.15, 0.2) is 36.8 Å². The van der Waals surface area contributed by atoms with E-state index in [9.17, 15) is 13.2 Å². The number of hydrogen-bond donors (Lipinski definition) is 3. The first-order chi connectivity index (χ1) is 14.7. The molecule has 31 heavy (non-hydrogen) atoms. The summed E-state index contributed by atoms with van der Waals surface area (Å²) in [6.07, 6.45) is 0.0337. The van der Waals surface area contributed by atoms with Gasteiger partial charge in [0.2, 0.25) is 5.95 Å². The Hall–Kier alpha value is -3.11. The Balaban J connectivity index is 1.52. The lowest BCUT2D eigenvalue weighted by molar-refractivity contribution is -0.137. The first kappa shape index (κ1) is 21.1. The second-order valence-corrected chi connectivity index (χ2v) is 7.43. The molecule has 0 saturated heterocycles. The summed E-state index contributed by atoms with van der Waals surface area (Å²) in [6.45, 7) is 1.67. The van der Waals surface area contributed by atoms with E-state index >= 15 is 0 Å². The molecule has 0 bridgehead atoms. The summed E-state index contributed by atoms with van der Waals surface area (Å²) >= 11 is 12.2. The topological polar surface area (TPSA) is 91.4 Å². The zero-order chi connectivity index (χ0) is 22.2. The second-order valence-electron chi connectivity index (χ2n) is 6.62. The van der Waals surface area contributed by atoms with E-state index in [1.165, 1.54) is 19.3 Å². The van der Waals surface area contributed by atoms with Crippen LogP contribution < -0.4 is 10.6 Å². The van der Waals surface area contributed by atoms with Gasteiger partial charge in [-0.1, -0.05) is 23.2 Å². The van der Waals surface area contributed by atoms with Gasteiger partial charge in [-0.3, -0.25) is 9.97 Å². The molecule has 3 N–H and O–H groups in total. The highest BCUT2D eigenvalue weighted by atomic mass is 35.5. The average Bonchev–Trinajstić information content (AvgIpc) is 3.10. The van der Waals surface area contributed by atoms with Gasteiger partial charge in [0.1, 0.15) is 5.82 Å². The van der Waals surface area contributed by atoms with E-state index < -0.39 is 11.7 Å². The number of rotatable bonds is 5. The molecule has 0 aliphatic heterocycles. The van der Waals surface area contributed by atoms with Crippen LogP contribution in [0.25, 0.3) is 11.0 Å². The number of H-pyrrole nitrogens is 1. The third-order valence-electron chi connectivity index (χ3n) is 4.25. The standard InChI is InChI=1S/C19H14Cl2F3N7/c1-9-2-10(19(22,23)24)3-16(28-9)27-5-11-4-14-15(8-26-11)30-18(29-14)31-17-12(20)6-25-7-13(17)21/h2-4,6-8H,5H2,1H3,(H,27,28)(H2,25,29,30,31). The van der Waals surface area contributed by atoms with Gasteiger partial charge in [-0.05, 0) is 25.1 Å². The SMILES string of the molecule is Cc1cc(C(F)(F)F)cc(NCc2cc3nc(Nc4c(Cl)cncc4Cl)[nH]c3cn2)n1. The van der Waals surface area contributed by atoms with E-state index in [1.807, 2.05) is 0 Å². The fourth-order valence-electron chi connectivity index (χ4n) is 2.86. The fraction of sp³-hybridized carbons (Fsp3) is 0.158. The lowest BCUT2D eigenvalue weighted by Crippen LogP contribution is -2.09. The van der Waals surface area contributed by atoms with Crippen LogP contribution in [0.5, 0.6) is 0 Å². The van der Waals surface area contributed by atoms with Crippen molar-refractivity contribution in [3.8, 4) is 0 Å². The molecule has 0 saturated carbocycles. The van der Waals surface area contributed by atoms with Gasteiger partial charge in [-0.2, -0.15) is 13.2 Å². The second kappa shape index (κ2) is 8.20. The molecule has 0 amide bonds. The monoisotopic (exact) mass is 467 g/mol. The summed E-state index contributed by atoms with van der Waals surface area (Å²) < 4.78 is 39.0. The number of alkyl halides is 3. The minimum absolute atomic E-state index is 0.112. The summed E-state index contributed by atoms with van der Waals surface area (Å²) in [6, 6.07) is 3.67. The smallest absolute Gasteiger partial charge is 0.364 e. The Morgan fingerprint density at radius 2 is 1.77 bits per heavy atom.